The number of halogens is 2. The molecule has 278 valence electrons. The lowest BCUT2D eigenvalue weighted by Gasteiger charge is -2.40. The van der Waals surface area contributed by atoms with Crippen LogP contribution in [0.4, 0.5) is 15.8 Å². The number of aromatic nitrogens is 3. The molecule has 2 aliphatic heterocycles. The molecular weight excluding hydrogens is 707 g/mol. The number of hydrogen-bond donors (Lipinski definition) is 2. The van der Waals surface area contributed by atoms with Gasteiger partial charge in [0.05, 0.1) is 36.4 Å². The van der Waals surface area contributed by atoms with Crippen LogP contribution in [0.5, 0.6) is 5.75 Å². The minimum Gasteiger partial charge on any atom is -0.508 e. The molecule has 0 radical (unpaired) electrons. The Balaban J connectivity index is 0.00000450. The zero-order chi connectivity index (χ0) is 36.8. The topological polar surface area (TPSA) is 107 Å². The first-order chi connectivity index (χ1) is 25.7. The fraction of sp³-hybridized carbons (Fsp3) is 0.262. The highest BCUT2D eigenvalue weighted by atomic mass is 35.5. The molecule has 2 amide bonds. The average molecular weight is 749 g/mol. The SMILES string of the molecule is Cc1[nH]c(-c2cc(F)ccc2C(=O)N2Cc3ccccc3C[C@H]2CN2CCOCC2)c(C)c1C(=O)N(c1ccc(O)cc1)c1cnc2c(ccn2C)c1.Cl. The van der Waals surface area contributed by atoms with E-state index < -0.39 is 5.82 Å². The predicted molar refractivity (Wildman–Crippen MR) is 209 cm³/mol. The van der Waals surface area contributed by atoms with Crippen molar-refractivity contribution >= 4 is 46.6 Å². The molecule has 0 bridgehead atoms. The Bertz CT molecular complexity index is 2350. The predicted octanol–water partition coefficient (Wildman–Crippen LogP) is 7.33. The summed E-state index contributed by atoms with van der Waals surface area (Å²) in [6, 6.07) is 22.6. The number of nitrogens with zero attached hydrogens (tertiary/aromatic N) is 5. The monoisotopic (exact) mass is 748 g/mol. The Labute approximate surface area is 319 Å². The van der Waals surface area contributed by atoms with E-state index in [1.54, 1.807) is 36.2 Å². The van der Waals surface area contributed by atoms with Gasteiger partial charge in [-0.1, -0.05) is 24.3 Å². The minimum absolute atomic E-state index is 0. The molecular formula is C42H42ClFN6O4. The first kappa shape index (κ1) is 36.9. The zero-order valence-electron chi connectivity index (χ0n) is 30.4. The molecule has 1 saturated heterocycles. The molecule has 0 aliphatic carbocycles. The Kier molecular flexibility index (Phi) is 10.3. The minimum atomic E-state index is -0.488. The number of phenolic OH excluding ortho intramolecular Hbond substituents is 1. The molecule has 1 fully saturated rings. The number of aromatic amines is 1. The second kappa shape index (κ2) is 15.1. The molecule has 3 aromatic heterocycles. The first-order valence-electron chi connectivity index (χ1n) is 17.9. The summed E-state index contributed by atoms with van der Waals surface area (Å²) in [4.78, 5) is 43.4. The normalized spacial score (nSPS) is 15.9. The lowest BCUT2D eigenvalue weighted by atomic mass is 9.91. The summed E-state index contributed by atoms with van der Waals surface area (Å²) >= 11 is 0. The van der Waals surface area contributed by atoms with Crippen molar-refractivity contribution in [3.63, 3.8) is 0 Å². The number of ether oxygens (including phenoxy) is 1. The van der Waals surface area contributed by atoms with Crippen LogP contribution in [0.15, 0.2) is 91.3 Å². The number of nitrogens with one attached hydrogen (secondary N) is 1. The number of phenols is 1. The first-order valence-corrected chi connectivity index (χ1v) is 17.9. The maximum Gasteiger partial charge on any atom is 0.264 e. The zero-order valence-corrected chi connectivity index (χ0v) is 31.2. The van der Waals surface area contributed by atoms with Crippen molar-refractivity contribution in [1.29, 1.82) is 0 Å². The molecule has 5 heterocycles. The van der Waals surface area contributed by atoms with E-state index in [4.69, 9.17) is 4.74 Å². The molecule has 3 aromatic carbocycles. The van der Waals surface area contributed by atoms with Crippen LogP contribution in [0.25, 0.3) is 22.3 Å². The Morgan fingerprint density at radius 2 is 1.72 bits per heavy atom. The number of amides is 2. The highest BCUT2D eigenvalue weighted by Gasteiger charge is 2.34. The maximum absolute atomic E-state index is 15.2. The van der Waals surface area contributed by atoms with Gasteiger partial charge in [0.15, 0.2) is 0 Å². The van der Waals surface area contributed by atoms with Crippen molar-refractivity contribution < 1.29 is 23.8 Å². The molecule has 54 heavy (non-hydrogen) atoms. The second-order valence-electron chi connectivity index (χ2n) is 14.0. The lowest BCUT2D eigenvalue weighted by molar-refractivity contribution is 0.0193. The van der Waals surface area contributed by atoms with Crippen molar-refractivity contribution in [2.75, 3.05) is 37.7 Å². The van der Waals surface area contributed by atoms with E-state index >= 15 is 4.39 Å². The number of carbonyl (C=O) groups is 2. The fourth-order valence-electron chi connectivity index (χ4n) is 7.84. The van der Waals surface area contributed by atoms with Crippen LogP contribution in [0.1, 0.15) is 43.1 Å². The number of anilines is 2. The fourth-order valence-corrected chi connectivity index (χ4v) is 7.84. The summed E-state index contributed by atoms with van der Waals surface area (Å²) < 4.78 is 22.7. The lowest BCUT2D eigenvalue weighted by Crippen LogP contribution is -2.52. The Hall–Kier alpha value is -5.49. The Morgan fingerprint density at radius 1 is 0.981 bits per heavy atom. The highest BCUT2D eigenvalue weighted by Crippen LogP contribution is 2.37. The number of aryl methyl sites for hydroxylation is 2. The van der Waals surface area contributed by atoms with Crippen LogP contribution in [0, 0.1) is 19.7 Å². The standard InChI is InChI=1S/C42H41FN6O4.ClH/c1-26-38(42(52)49(32-9-11-35(50)12-10-32)33-21-29-14-15-46(3)40(29)44-23-33)27(2)45-39(26)37-22-31(43)8-13-36(37)41(51)48-24-30-7-5-4-6-28(30)20-34(48)25-47-16-18-53-19-17-47;/h4-15,21-23,34,45,50H,16-20,24-25H2,1-3H3;1H/t34-;/m0./s1. The number of pyridine rings is 1. The van der Waals surface area contributed by atoms with E-state index in [9.17, 15) is 14.7 Å². The van der Waals surface area contributed by atoms with E-state index in [1.165, 1.54) is 29.8 Å². The number of benzene rings is 3. The van der Waals surface area contributed by atoms with Crippen molar-refractivity contribution in [2.24, 2.45) is 7.05 Å². The van der Waals surface area contributed by atoms with Crippen LogP contribution >= 0.6 is 12.4 Å². The van der Waals surface area contributed by atoms with Crippen LogP contribution in [-0.2, 0) is 24.8 Å². The third-order valence-corrected chi connectivity index (χ3v) is 10.6. The average Bonchev–Trinajstić information content (AvgIpc) is 3.69. The Morgan fingerprint density at radius 3 is 2.48 bits per heavy atom. The van der Waals surface area contributed by atoms with Gasteiger partial charge >= 0.3 is 0 Å². The molecule has 2 N–H and O–H groups in total. The largest absolute Gasteiger partial charge is 0.508 e. The van der Waals surface area contributed by atoms with Gasteiger partial charge < -0.3 is 24.3 Å². The van der Waals surface area contributed by atoms with Crippen molar-refractivity contribution in [2.45, 2.75) is 32.9 Å². The third kappa shape index (κ3) is 6.86. The number of fused-ring (bicyclic) bond motifs is 2. The molecule has 0 saturated carbocycles. The third-order valence-electron chi connectivity index (χ3n) is 10.6. The number of rotatable bonds is 7. The van der Waals surface area contributed by atoms with Crippen molar-refractivity contribution in [3.05, 3.63) is 131 Å². The maximum atomic E-state index is 15.2. The van der Waals surface area contributed by atoms with Gasteiger partial charge in [-0.3, -0.25) is 19.4 Å². The molecule has 8 rings (SSSR count). The van der Waals surface area contributed by atoms with Crippen molar-refractivity contribution in [1.82, 2.24) is 24.3 Å². The van der Waals surface area contributed by atoms with Gasteiger partial charge in [-0.15, -0.1) is 12.4 Å². The quantitative estimate of drug-likeness (QED) is 0.177. The van der Waals surface area contributed by atoms with Gasteiger partial charge in [-0.25, -0.2) is 9.37 Å². The highest BCUT2D eigenvalue weighted by molar-refractivity contribution is 6.14. The number of aromatic hydroxyl groups is 1. The smallest absolute Gasteiger partial charge is 0.264 e. The van der Waals surface area contributed by atoms with E-state index in [-0.39, 0.29) is 36.0 Å². The van der Waals surface area contributed by atoms with E-state index in [2.05, 4.69) is 27.0 Å². The van der Waals surface area contributed by atoms with Crippen LogP contribution in [0.2, 0.25) is 0 Å². The van der Waals surface area contributed by atoms with Crippen LogP contribution in [-0.4, -0.2) is 80.1 Å². The number of carbonyl (C=O) groups excluding carboxylic acids is 2. The summed E-state index contributed by atoms with van der Waals surface area (Å²) in [5.74, 6) is -0.951. The summed E-state index contributed by atoms with van der Waals surface area (Å²) in [6.45, 7) is 7.69. The van der Waals surface area contributed by atoms with Gasteiger partial charge in [0.2, 0.25) is 0 Å². The van der Waals surface area contributed by atoms with Crippen molar-refractivity contribution in [3.8, 4) is 17.0 Å². The molecule has 10 nitrogen and oxygen atoms in total. The molecule has 0 unspecified atom stereocenters. The second-order valence-corrected chi connectivity index (χ2v) is 14.0. The number of hydrogen-bond acceptors (Lipinski definition) is 6. The van der Waals surface area contributed by atoms with Crippen LogP contribution < -0.4 is 4.90 Å². The molecule has 2 aliphatic rings. The molecule has 12 heteroatoms. The molecule has 6 aromatic rings. The van der Waals surface area contributed by atoms with Gasteiger partial charge in [0.25, 0.3) is 11.8 Å². The molecule has 0 spiro atoms. The van der Waals surface area contributed by atoms with Gasteiger partial charge in [-0.05, 0) is 91.6 Å². The summed E-state index contributed by atoms with van der Waals surface area (Å²) in [5.41, 5.74) is 6.96. The van der Waals surface area contributed by atoms with Gasteiger partial charge in [-0.2, -0.15) is 0 Å². The van der Waals surface area contributed by atoms with E-state index in [0.29, 0.717) is 77.7 Å². The van der Waals surface area contributed by atoms with E-state index in [0.717, 1.165) is 29.7 Å². The molecule has 1 atom stereocenters. The summed E-state index contributed by atoms with van der Waals surface area (Å²) in [6.07, 6.45) is 4.27. The number of H-pyrrole nitrogens is 1. The summed E-state index contributed by atoms with van der Waals surface area (Å²) in [5, 5.41) is 10.9. The van der Waals surface area contributed by atoms with Gasteiger partial charge in [0.1, 0.15) is 17.2 Å². The van der Waals surface area contributed by atoms with E-state index in [1.807, 2.05) is 53.9 Å². The van der Waals surface area contributed by atoms with Crippen LogP contribution in [0.3, 0.4) is 0 Å². The number of morpholine rings is 1. The van der Waals surface area contributed by atoms with Gasteiger partial charge in [0, 0.05) is 73.4 Å². The summed E-state index contributed by atoms with van der Waals surface area (Å²) in [7, 11) is 1.91.